The summed E-state index contributed by atoms with van der Waals surface area (Å²) >= 11 is 7.63. The van der Waals surface area contributed by atoms with E-state index in [9.17, 15) is 4.79 Å². The van der Waals surface area contributed by atoms with E-state index in [-0.39, 0.29) is 5.97 Å². The fourth-order valence-corrected chi connectivity index (χ4v) is 5.23. The summed E-state index contributed by atoms with van der Waals surface area (Å²) in [6.45, 7) is 4.14. The van der Waals surface area contributed by atoms with Crippen molar-refractivity contribution in [3.8, 4) is 11.3 Å². The van der Waals surface area contributed by atoms with Gasteiger partial charge in [0.05, 0.1) is 6.61 Å². The lowest BCUT2D eigenvalue weighted by atomic mass is 10.1. The number of nitrogens with zero attached hydrogens (tertiary/aromatic N) is 2. The van der Waals surface area contributed by atoms with Crippen molar-refractivity contribution in [2.45, 2.75) is 58.4 Å². The van der Waals surface area contributed by atoms with Crippen LogP contribution in [0.3, 0.4) is 0 Å². The van der Waals surface area contributed by atoms with Gasteiger partial charge in [0.1, 0.15) is 16.4 Å². The molecule has 1 aromatic carbocycles. The van der Waals surface area contributed by atoms with E-state index in [4.69, 9.17) is 21.3 Å². The molecule has 1 N–H and O–H groups in total. The summed E-state index contributed by atoms with van der Waals surface area (Å²) < 4.78 is 7.30. The second-order valence-corrected chi connectivity index (χ2v) is 8.92. The average Bonchev–Trinajstić information content (AvgIpc) is 3.08. The smallest absolute Gasteiger partial charge is 0.350 e. The Morgan fingerprint density at radius 3 is 2.76 bits per heavy atom. The molecule has 1 aliphatic carbocycles. The van der Waals surface area contributed by atoms with Gasteiger partial charge in [-0.05, 0) is 38.8 Å². The van der Waals surface area contributed by atoms with Crippen molar-refractivity contribution >= 4 is 39.7 Å². The van der Waals surface area contributed by atoms with Crippen LogP contribution in [0.2, 0.25) is 5.02 Å². The van der Waals surface area contributed by atoms with Gasteiger partial charge in [0.2, 0.25) is 0 Å². The summed E-state index contributed by atoms with van der Waals surface area (Å²) in [6.07, 6.45) is 7.37. The van der Waals surface area contributed by atoms with Crippen LogP contribution in [0.1, 0.15) is 60.8 Å². The molecule has 2 heterocycles. The second-order valence-electron chi connectivity index (χ2n) is 7.51. The maximum absolute atomic E-state index is 12.4. The van der Waals surface area contributed by atoms with E-state index in [1.54, 1.807) is 0 Å². The predicted molar refractivity (Wildman–Crippen MR) is 119 cm³/mol. The third-order valence-electron chi connectivity index (χ3n) is 5.46. The maximum Gasteiger partial charge on any atom is 0.350 e. The summed E-state index contributed by atoms with van der Waals surface area (Å²) in [5.74, 6) is 0.656. The summed E-state index contributed by atoms with van der Waals surface area (Å²) in [6, 6.07) is 8.18. The van der Waals surface area contributed by atoms with E-state index in [2.05, 4.69) is 9.72 Å². The number of carbonyl (C=O) groups excluding carboxylic acids is 1. The monoisotopic (exact) mass is 431 g/mol. The molecule has 0 saturated heterocycles. The summed E-state index contributed by atoms with van der Waals surface area (Å²) in [4.78, 5) is 18.7. The van der Waals surface area contributed by atoms with E-state index in [0.29, 0.717) is 22.5 Å². The molecule has 4 rings (SSSR count). The molecule has 0 spiro atoms. The molecule has 29 heavy (non-hydrogen) atoms. The molecule has 1 fully saturated rings. The van der Waals surface area contributed by atoms with Gasteiger partial charge in [-0.1, -0.05) is 60.8 Å². The second kappa shape index (κ2) is 8.76. The zero-order valence-corrected chi connectivity index (χ0v) is 18.4. The molecule has 3 aromatic rings. The number of ether oxygens (including phenoxy) is 1. The van der Waals surface area contributed by atoms with E-state index in [1.807, 2.05) is 38.1 Å². The number of aromatic nitrogens is 2. The van der Waals surface area contributed by atoms with Gasteiger partial charge in [-0.2, -0.15) is 0 Å². The van der Waals surface area contributed by atoms with Gasteiger partial charge >= 0.3 is 5.97 Å². The van der Waals surface area contributed by atoms with Gasteiger partial charge in [0.25, 0.3) is 0 Å². The molecule has 154 valence electrons. The highest BCUT2D eigenvalue weighted by Gasteiger charge is 2.25. The number of rotatable bonds is 5. The van der Waals surface area contributed by atoms with Crippen molar-refractivity contribution in [2.24, 2.45) is 0 Å². The lowest BCUT2D eigenvalue weighted by Gasteiger charge is -2.18. The zero-order valence-electron chi connectivity index (χ0n) is 16.8. The number of carbonyl (C=O) groups is 1. The Kier molecular flexibility index (Phi) is 6.11. The predicted octanol–water partition coefficient (Wildman–Crippen LogP) is 6.34. The fraction of sp³-hybridized carbons (Fsp3) is 0.455. The molecule has 2 aromatic heterocycles. The van der Waals surface area contributed by atoms with Gasteiger partial charge < -0.3 is 10.1 Å². The quantitative estimate of drug-likeness (QED) is 0.378. The number of benzene rings is 1. The Morgan fingerprint density at radius 1 is 1.31 bits per heavy atom. The Balaban J connectivity index is 1.82. The van der Waals surface area contributed by atoms with Crippen molar-refractivity contribution in [1.29, 1.82) is 0 Å². The van der Waals surface area contributed by atoms with Crippen molar-refractivity contribution in [1.82, 2.24) is 9.38 Å². The van der Waals surface area contributed by atoms with E-state index >= 15 is 0 Å². The molecule has 1 saturated carbocycles. The molecular weight excluding hydrogens is 406 g/mol. The van der Waals surface area contributed by atoms with Crippen LogP contribution in [0, 0.1) is 6.92 Å². The van der Waals surface area contributed by atoms with Crippen molar-refractivity contribution < 1.29 is 9.53 Å². The first-order valence-electron chi connectivity index (χ1n) is 10.3. The molecule has 7 heteroatoms. The standard InChI is InChI=1S/C22H26ClN3O2S/c1-3-28-21(27)19-14(2)26-20(24-17-11-6-4-5-7-12-17)18(25-22(26)29-19)15-9-8-10-16(23)13-15/h8-10,13,17,24H,3-7,11-12H2,1-2H3. The van der Waals surface area contributed by atoms with Crippen LogP contribution in [0.15, 0.2) is 24.3 Å². The summed E-state index contributed by atoms with van der Waals surface area (Å²) in [5.41, 5.74) is 2.71. The van der Waals surface area contributed by atoms with Crippen molar-refractivity contribution in [3.63, 3.8) is 0 Å². The van der Waals surface area contributed by atoms with Crippen LogP contribution in [0.25, 0.3) is 16.2 Å². The Morgan fingerprint density at radius 2 is 2.07 bits per heavy atom. The SMILES string of the molecule is CCOC(=O)c1sc2nc(-c3cccc(Cl)c3)c(NC3CCCCCC3)n2c1C. The minimum absolute atomic E-state index is 0.287. The van der Waals surface area contributed by atoms with Crippen LogP contribution in [-0.2, 0) is 4.74 Å². The number of hydrogen-bond donors (Lipinski definition) is 1. The molecule has 1 aliphatic rings. The number of halogens is 1. The number of fused-ring (bicyclic) bond motifs is 1. The summed E-state index contributed by atoms with van der Waals surface area (Å²) in [7, 11) is 0. The van der Waals surface area contributed by atoms with E-state index in [0.717, 1.165) is 40.6 Å². The van der Waals surface area contributed by atoms with Gasteiger partial charge in [0.15, 0.2) is 4.96 Å². The number of anilines is 1. The Hall–Kier alpha value is -2.05. The number of thiazole rings is 1. The van der Waals surface area contributed by atoms with Crippen LogP contribution in [0.5, 0.6) is 0 Å². The van der Waals surface area contributed by atoms with Gasteiger partial charge in [0, 0.05) is 22.3 Å². The Bertz CT molecular complexity index is 1020. The van der Waals surface area contributed by atoms with Crippen LogP contribution in [-0.4, -0.2) is 28.0 Å². The fourth-order valence-electron chi connectivity index (χ4n) is 4.02. The van der Waals surface area contributed by atoms with Crippen LogP contribution in [0.4, 0.5) is 5.82 Å². The highest BCUT2D eigenvalue weighted by Crippen LogP contribution is 2.37. The van der Waals surface area contributed by atoms with Crippen molar-refractivity contribution in [3.05, 3.63) is 39.9 Å². The highest BCUT2D eigenvalue weighted by molar-refractivity contribution is 7.19. The first-order chi connectivity index (χ1) is 14.1. The van der Waals surface area contributed by atoms with Gasteiger partial charge in [-0.3, -0.25) is 4.40 Å². The molecule has 0 unspecified atom stereocenters. The third-order valence-corrected chi connectivity index (χ3v) is 6.82. The molecule has 0 radical (unpaired) electrons. The van der Waals surface area contributed by atoms with Crippen LogP contribution < -0.4 is 5.32 Å². The largest absolute Gasteiger partial charge is 0.462 e. The number of aryl methyl sites for hydroxylation is 1. The van der Waals surface area contributed by atoms with E-state index < -0.39 is 0 Å². The normalized spacial score (nSPS) is 15.4. The molecular formula is C22H26ClN3O2S. The number of nitrogens with one attached hydrogen (secondary N) is 1. The average molecular weight is 432 g/mol. The van der Waals surface area contributed by atoms with E-state index in [1.165, 1.54) is 37.0 Å². The lowest BCUT2D eigenvalue weighted by molar-refractivity contribution is 0.0531. The minimum Gasteiger partial charge on any atom is -0.462 e. The Labute approximate surface area is 180 Å². The number of esters is 1. The highest BCUT2D eigenvalue weighted by atomic mass is 35.5. The first-order valence-corrected chi connectivity index (χ1v) is 11.5. The molecule has 0 aliphatic heterocycles. The first kappa shape index (κ1) is 20.2. The molecule has 0 amide bonds. The molecule has 0 atom stereocenters. The third kappa shape index (κ3) is 4.14. The topological polar surface area (TPSA) is 55.6 Å². The van der Waals surface area contributed by atoms with Crippen LogP contribution >= 0.6 is 22.9 Å². The number of imidazole rings is 1. The van der Waals surface area contributed by atoms with Gasteiger partial charge in [-0.15, -0.1) is 0 Å². The maximum atomic E-state index is 12.4. The molecule has 0 bridgehead atoms. The molecule has 5 nitrogen and oxygen atoms in total. The lowest BCUT2D eigenvalue weighted by Crippen LogP contribution is -2.20. The van der Waals surface area contributed by atoms with Crippen molar-refractivity contribution in [2.75, 3.05) is 11.9 Å². The summed E-state index contributed by atoms with van der Waals surface area (Å²) in [5, 5.41) is 4.45. The minimum atomic E-state index is -0.287. The van der Waals surface area contributed by atoms with Gasteiger partial charge in [-0.25, -0.2) is 9.78 Å². The zero-order chi connectivity index (χ0) is 20.4. The number of hydrogen-bond acceptors (Lipinski definition) is 5.